The Morgan fingerprint density at radius 1 is 1.24 bits per heavy atom. The smallest absolute Gasteiger partial charge is 0.0841 e. The maximum absolute atomic E-state index is 4.71. The number of nitrogens with one attached hydrogen (secondary N) is 1. The van der Waals surface area contributed by atoms with Gasteiger partial charge in [0.15, 0.2) is 0 Å². The number of para-hydroxylation sites is 1. The van der Waals surface area contributed by atoms with Crippen molar-refractivity contribution in [3.8, 4) is 0 Å². The van der Waals surface area contributed by atoms with Crippen molar-refractivity contribution in [3.63, 3.8) is 0 Å². The van der Waals surface area contributed by atoms with E-state index in [1.54, 1.807) is 0 Å². The van der Waals surface area contributed by atoms with Crippen molar-refractivity contribution >= 4 is 10.9 Å². The lowest BCUT2D eigenvalue weighted by molar-refractivity contribution is 0.447. The molecule has 5 nitrogen and oxygen atoms in total. The van der Waals surface area contributed by atoms with Crippen molar-refractivity contribution < 1.29 is 0 Å². The van der Waals surface area contributed by atoms with Crippen molar-refractivity contribution in [2.75, 3.05) is 0 Å². The first-order chi connectivity index (χ1) is 10.3. The number of aryl methyl sites for hydroxylation is 1. The molecule has 3 rings (SSSR count). The molecule has 0 fully saturated rings. The molecule has 1 aromatic carbocycles. The van der Waals surface area contributed by atoms with Crippen molar-refractivity contribution in [2.24, 2.45) is 0 Å². The fraction of sp³-hybridized carbons (Fsp3) is 0.375. The summed E-state index contributed by atoms with van der Waals surface area (Å²) in [6.45, 7) is 6.82. The number of hydrogen-bond donors (Lipinski definition) is 1. The molecular formula is C16H21N5. The molecule has 0 amide bonds. The standard InChI is InChI=1S/C16H21N5/c1-3-21-16-8-5-4-7-14(16)15(19-21)11-17-13(2)12-20-10-6-9-18-20/h4-10,13,17H,3,11-12H2,1-2H3. The van der Waals surface area contributed by atoms with Crippen LogP contribution in [0.2, 0.25) is 0 Å². The Bertz CT molecular complexity index is 699. The topological polar surface area (TPSA) is 47.7 Å². The van der Waals surface area contributed by atoms with Crippen molar-refractivity contribution in [1.29, 1.82) is 0 Å². The van der Waals surface area contributed by atoms with Crippen molar-refractivity contribution in [3.05, 3.63) is 48.4 Å². The van der Waals surface area contributed by atoms with Crippen LogP contribution in [0.4, 0.5) is 0 Å². The van der Waals surface area contributed by atoms with E-state index in [1.807, 2.05) is 23.1 Å². The summed E-state index contributed by atoms with van der Waals surface area (Å²) in [7, 11) is 0. The first kappa shape index (κ1) is 13.8. The van der Waals surface area contributed by atoms with Crippen LogP contribution < -0.4 is 5.32 Å². The molecule has 1 N–H and O–H groups in total. The fourth-order valence-corrected chi connectivity index (χ4v) is 2.59. The lowest BCUT2D eigenvalue weighted by Crippen LogP contribution is -2.30. The summed E-state index contributed by atoms with van der Waals surface area (Å²) < 4.78 is 4.00. The van der Waals surface area contributed by atoms with Crippen LogP contribution in [0.3, 0.4) is 0 Å². The van der Waals surface area contributed by atoms with Gasteiger partial charge in [-0.3, -0.25) is 9.36 Å². The molecule has 21 heavy (non-hydrogen) atoms. The highest BCUT2D eigenvalue weighted by molar-refractivity contribution is 5.81. The Balaban J connectivity index is 1.70. The van der Waals surface area contributed by atoms with Gasteiger partial charge in [-0.2, -0.15) is 10.2 Å². The number of hydrogen-bond acceptors (Lipinski definition) is 3. The number of fused-ring (bicyclic) bond motifs is 1. The largest absolute Gasteiger partial charge is 0.307 e. The van der Waals surface area contributed by atoms with Gasteiger partial charge < -0.3 is 5.32 Å². The van der Waals surface area contributed by atoms with Crippen LogP contribution in [0.25, 0.3) is 10.9 Å². The summed E-state index contributed by atoms with van der Waals surface area (Å²) in [5.41, 5.74) is 2.32. The number of aromatic nitrogens is 4. The molecule has 5 heteroatoms. The van der Waals surface area contributed by atoms with E-state index in [-0.39, 0.29) is 0 Å². The molecule has 0 aliphatic rings. The second-order valence-corrected chi connectivity index (χ2v) is 5.29. The number of rotatable bonds is 6. The van der Waals surface area contributed by atoms with Crippen LogP contribution in [0.1, 0.15) is 19.5 Å². The zero-order valence-electron chi connectivity index (χ0n) is 12.5. The van der Waals surface area contributed by atoms with Crippen LogP contribution in [0.15, 0.2) is 42.7 Å². The molecule has 0 bridgehead atoms. The normalized spacial score (nSPS) is 12.9. The number of nitrogens with zero attached hydrogens (tertiary/aromatic N) is 4. The Hall–Kier alpha value is -2.14. The Kier molecular flexibility index (Phi) is 4.01. The van der Waals surface area contributed by atoms with Crippen LogP contribution in [0, 0.1) is 0 Å². The lowest BCUT2D eigenvalue weighted by atomic mass is 10.2. The predicted octanol–water partition coefficient (Wildman–Crippen LogP) is 2.43. The molecule has 1 atom stereocenters. The van der Waals surface area contributed by atoms with Gasteiger partial charge in [-0.1, -0.05) is 18.2 Å². The maximum Gasteiger partial charge on any atom is 0.0841 e. The van der Waals surface area contributed by atoms with Gasteiger partial charge >= 0.3 is 0 Å². The summed E-state index contributed by atoms with van der Waals surface area (Å²) in [6.07, 6.45) is 3.79. The Morgan fingerprint density at radius 2 is 2.10 bits per heavy atom. The van der Waals surface area contributed by atoms with Crippen LogP contribution >= 0.6 is 0 Å². The van der Waals surface area contributed by atoms with Gasteiger partial charge in [-0.25, -0.2) is 0 Å². The third kappa shape index (κ3) is 2.97. The molecule has 3 aromatic rings. The zero-order chi connectivity index (χ0) is 14.7. The number of benzene rings is 1. The molecule has 110 valence electrons. The minimum Gasteiger partial charge on any atom is -0.307 e. The summed E-state index contributed by atoms with van der Waals surface area (Å²) in [5.74, 6) is 0. The van der Waals surface area contributed by atoms with E-state index in [1.165, 1.54) is 10.9 Å². The fourth-order valence-electron chi connectivity index (χ4n) is 2.59. The lowest BCUT2D eigenvalue weighted by Gasteiger charge is -2.13. The van der Waals surface area contributed by atoms with E-state index in [0.717, 1.165) is 25.3 Å². The van der Waals surface area contributed by atoms with Gasteiger partial charge in [0.1, 0.15) is 0 Å². The van der Waals surface area contributed by atoms with Gasteiger partial charge in [0.05, 0.1) is 17.8 Å². The molecule has 2 aromatic heterocycles. The van der Waals surface area contributed by atoms with E-state index < -0.39 is 0 Å². The highest BCUT2D eigenvalue weighted by atomic mass is 15.3. The van der Waals surface area contributed by atoms with Gasteiger partial charge in [0.2, 0.25) is 0 Å². The highest BCUT2D eigenvalue weighted by Gasteiger charge is 2.10. The molecule has 1 unspecified atom stereocenters. The molecule has 0 saturated heterocycles. The quantitative estimate of drug-likeness (QED) is 0.756. The van der Waals surface area contributed by atoms with E-state index in [9.17, 15) is 0 Å². The minimum atomic E-state index is 0.343. The summed E-state index contributed by atoms with van der Waals surface area (Å²) >= 11 is 0. The highest BCUT2D eigenvalue weighted by Crippen LogP contribution is 2.18. The molecule has 0 radical (unpaired) electrons. The summed E-state index contributed by atoms with van der Waals surface area (Å²) in [4.78, 5) is 0. The summed E-state index contributed by atoms with van der Waals surface area (Å²) in [5, 5.41) is 13.7. The average molecular weight is 283 g/mol. The third-order valence-corrected chi connectivity index (χ3v) is 3.67. The van der Waals surface area contributed by atoms with E-state index in [2.05, 4.69) is 53.2 Å². The van der Waals surface area contributed by atoms with Crippen LogP contribution in [-0.4, -0.2) is 25.6 Å². The van der Waals surface area contributed by atoms with E-state index in [4.69, 9.17) is 5.10 Å². The predicted molar refractivity (Wildman–Crippen MR) is 83.9 cm³/mol. The monoisotopic (exact) mass is 283 g/mol. The van der Waals surface area contributed by atoms with Crippen LogP contribution in [-0.2, 0) is 19.6 Å². The second-order valence-electron chi connectivity index (χ2n) is 5.29. The third-order valence-electron chi connectivity index (χ3n) is 3.67. The van der Waals surface area contributed by atoms with Gasteiger partial charge in [0, 0.05) is 36.9 Å². The Morgan fingerprint density at radius 3 is 2.86 bits per heavy atom. The van der Waals surface area contributed by atoms with Crippen molar-refractivity contribution in [2.45, 2.75) is 39.5 Å². The average Bonchev–Trinajstić information content (AvgIpc) is 3.12. The maximum atomic E-state index is 4.71. The van der Waals surface area contributed by atoms with Gasteiger partial charge in [-0.05, 0) is 26.0 Å². The van der Waals surface area contributed by atoms with E-state index >= 15 is 0 Å². The molecule has 0 spiro atoms. The minimum absolute atomic E-state index is 0.343. The van der Waals surface area contributed by atoms with E-state index in [0.29, 0.717) is 6.04 Å². The first-order valence-corrected chi connectivity index (χ1v) is 7.43. The summed E-state index contributed by atoms with van der Waals surface area (Å²) in [6, 6.07) is 10.7. The molecule has 2 heterocycles. The van der Waals surface area contributed by atoms with Crippen LogP contribution in [0.5, 0.6) is 0 Å². The van der Waals surface area contributed by atoms with Crippen molar-refractivity contribution in [1.82, 2.24) is 24.9 Å². The SMILES string of the molecule is CCn1nc(CNC(C)Cn2cccn2)c2ccccc21. The zero-order valence-corrected chi connectivity index (χ0v) is 12.5. The molecular weight excluding hydrogens is 262 g/mol. The Labute approximate surface area is 124 Å². The molecule has 0 saturated carbocycles. The second kappa shape index (κ2) is 6.10. The van der Waals surface area contributed by atoms with Gasteiger partial charge in [0.25, 0.3) is 0 Å². The molecule has 0 aliphatic heterocycles. The van der Waals surface area contributed by atoms with Gasteiger partial charge in [-0.15, -0.1) is 0 Å². The first-order valence-electron chi connectivity index (χ1n) is 7.43. The molecule has 0 aliphatic carbocycles.